The van der Waals surface area contributed by atoms with Crippen LogP contribution in [0.25, 0.3) is 0 Å². The van der Waals surface area contributed by atoms with Crippen LogP contribution < -0.4 is 11.1 Å². The van der Waals surface area contributed by atoms with Crippen molar-refractivity contribution in [2.24, 2.45) is 16.0 Å². The molecule has 2 rings (SSSR count). The maximum Gasteiger partial charge on any atom is 0.316 e. The number of nitrogens with two attached hydrogens (primary N) is 1. The molecule has 0 heterocycles. The lowest BCUT2D eigenvalue weighted by Crippen LogP contribution is -2.19. The molecule has 5 N–H and O–H groups in total. The Morgan fingerprint density at radius 2 is 1.85 bits per heavy atom. The largest absolute Gasteiger partial charge is 0.351 e. The van der Waals surface area contributed by atoms with Crippen LogP contribution in [0.3, 0.4) is 0 Å². The van der Waals surface area contributed by atoms with E-state index in [2.05, 4.69) is 24.9 Å². The fraction of sp³-hybridized carbons (Fsp3) is 0.0714. The van der Waals surface area contributed by atoms with Gasteiger partial charge in [-0.05, 0) is 42.8 Å². The van der Waals surface area contributed by atoms with Crippen molar-refractivity contribution in [3.05, 3.63) is 42.0 Å². The topological polar surface area (TPSA) is 173 Å². The third-order valence-corrected chi connectivity index (χ3v) is 4.54. The summed E-state index contributed by atoms with van der Waals surface area (Å²) in [5, 5.41) is 22.2. The number of benzene rings is 2. The molecular weight excluding hydrogens is 400 g/mol. The average molecular weight is 414 g/mol. The van der Waals surface area contributed by atoms with E-state index in [0.29, 0.717) is 17.7 Å². The number of primary amides is 1. The Hall–Kier alpha value is -2.55. The highest BCUT2D eigenvalue weighted by Gasteiger charge is 2.14. The first-order valence-electron chi connectivity index (χ1n) is 7.06. The minimum absolute atomic E-state index is 0.0689. The van der Waals surface area contributed by atoms with Crippen molar-refractivity contribution in [1.82, 2.24) is 0 Å². The van der Waals surface area contributed by atoms with Gasteiger partial charge in [-0.25, -0.2) is 10.1 Å². The number of urea groups is 1. The zero-order valence-corrected chi connectivity index (χ0v) is 15.3. The quantitative estimate of drug-likeness (QED) is 0.175. The molecule has 144 valence electrons. The van der Waals surface area contributed by atoms with Crippen LogP contribution in [0.4, 0.5) is 21.9 Å². The normalized spacial score (nSPS) is 11.7. The fourth-order valence-corrected chi connectivity index (χ4v) is 2.99. The van der Waals surface area contributed by atoms with E-state index < -0.39 is 21.0 Å². The Labute approximate surface area is 158 Å². The summed E-state index contributed by atoms with van der Waals surface area (Å²) < 4.78 is 35.9. The number of azo groups is 1. The molecule has 27 heavy (non-hydrogen) atoms. The molecule has 0 aliphatic rings. The maximum absolute atomic E-state index is 11.2. The SMILES string of the molecule is Cc1ccc(N=Nc2ccc(S(=O)(=O)O)cc2SOOO)c(NC(N)=O)c1. The Morgan fingerprint density at radius 1 is 1.19 bits per heavy atom. The number of carbonyl (C=O) groups is 1. The lowest BCUT2D eigenvalue weighted by Gasteiger charge is -2.07. The highest BCUT2D eigenvalue weighted by Crippen LogP contribution is 2.35. The summed E-state index contributed by atoms with van der Waals surface area (Å²) in [6.07, 6.45) is 0. The van der Waals surface area contributed by atoms with Crippen molar-refractivity contribution in [3.63, 3.8) is 0 Å². The van der Waals surface area contributed by atoms with Gasteiger partial charge >= 0.3 is 6.03 Å². The number of rotatable bonds is 7. The van der Waals surface area contributed by atoms with Gasteiger partial charge in [0.15, 0.2) is 0 Å². The van der Waals surface area contributed by atoms with Crippen LogP contribution in [-0.4, -0.2) is 24.3 Å². The van der Waals surface area contributed by atoms with E-state index >= 15 is 0 Å². The van der Waals surface area contributed by atoms with Crippen molar-refractivity contribution in [2.75, 3.05) is 5.32 Å². The van der Waals surface area contributed by atoms with Gasteiger partial charge in [0.25, 0.3) is 10.1 Å². The molecule has 0 fully saturated rings. The zero-order chi connectivity index (χ0) is 20.0. The van der Waals surface area contributed by atoms with Gasteiger partial charge in [-0.3, -0.25) is 4.55 Å². The second-order valence-electron chi connectivity index (χ2n) is 5.04. The molecule has 0 aliphatic carbocycles. The molecule has 13 heteroatoms. The molecular formula is C14H14N4O7S2. The zero-order valence-electron chi connectivity index (χ0n) is 13.7. The number of nitrogens with one attached hydrogen (secondary N) is 1. The lowest BCUT2D eigenvalue weighted by atomic mass is 10.2. The van der Waals surface area contributed by atoms with E-state index in [1.165, 1.54) is 6.07 Å². The Balaban J connectivity index is 2.42. The molecule has 0 bridgehead atoms. The second-order valence-corrected chi connectivity index (χ2v) is 7.20. The lowest BCUT2D eigenvalue weighted by molar-refractivity contribution is -0.432. The molecule has 2 aromatic carbocycles. The van der Waals surface area contributed by atoms with Crippen LogP contribution in [0.15, 0.2) is 56.4 Å². The first kappa shape index (κ1) is 20.8. The molecule has 0 spiro atoms. The highest BCUT2D eigenvalue weighted by molar-refractivity contribution is 7.94. The average Bonchev–Trinajstić information content (AvgIpc) is 2.58. The minimum atomic E-state index is -4.47. The van der Waals surface area contributed by atoms with Gasteiger partial charge in [-0.15, -0.1) is 14.6 Å². The number of anilines is 1. The van der Waals surface area contributed by atoms with E-state index in [1.807, 2.05) is 6.92 Å². The molecule has 2 aromatic rings. The molecule has 2 amide bonds. The van der Waals surface area contributed by atoms with E-state index in [4.69, 9.17) is 15.5 Å². The Bertz CT molecular complexity index is 979. The predicted molar refractivity (Wildman–Crippen MR) is 95.5 cm³/mol. The van der Waals surface area contributed by atoms with Crippen molar-refractivity contribution in [3.8, 4) is 0 Å². The fourth-order valence-electron chi connectivity index (χ4n) is 1.93. The molecule has 0 saturated heterocycles. The second kappa shape index (κ2) is 8.90. The third-order valence-electron chi connectivity index (χ3n) is 3.06. The van der Waals surface area contributed by atoms with Crippen molar-refractivity contribution < 1.29 is 32.4 Å². The molecule has 0 aromatic heterocycles. The van der Waals surface area contributed by atoms with Gasteiger partial charge in [0.05, 0.1) is 27.5 Å². The highest BCUT2D eigenvalue weighted by atomic mass is 32.2. The van der Waals surface area contributed by atoms with Crippen LogP contribution in [-0.2, 0) is 19.5 Å². The van der Waals surface area contributed by atoms with Crippen LogP contribution in [0, 0.1) is 6.92 Å². The summed E-state index contributed by atoms with van der Waals surface area (Å²) in [7, 11) is -4.47. The standard InChI is InChI=1S/C14H14N4O7S2/c1-8-2-4-10(12(6-8)16-14(15)19)17-18-11-5-3-9(27(21,22)23)7-13(11)26-25-24-20/h2-7,20H,1H3,(H3,15,16,19)(H,21,22,23). The molecule has 0 unspecified atom stereocenters. The third kappa shape index (κ3) is 5.99. The summed E-state index contributed by atoms with van der Waals surface area (Å²) in [5.74, 6) is 0. The van der Waals surface area contributed by atoms with Gasteiger partial charge in [0.1, 0.15) is 11.4 Å². The van der Waals surface area contributed by atoms with Gasteiger partial charge in [-0.1, -0.05) is 11.1 Å². The van der Waals surface area contributed by atoms with Crippen LogP contribution in [0.1, 0.15) is 5.56 Å². The van der Waals surface area contributed by atoms with Gasteiger partial charge < -0.3 is 11.1 Å². The number of aryl methyl sites for hydroxylation is 1. The van der Waals surface area contributed by atoms with Crippen molar-refractivity contribution in [1.29, 1.82) is 0 Å². The smallest absolute Gasteiger partial charge is 0.316 e. The van der Waals surface area contributed by atoms with E-state index in [1.54, 1.807) is 18.2 Å². The van der Waals surface area contributed by atoms with Gasteiger partial charge in [0, 0.05) is 0 Å². The summed E-state index contributed by atoms with van der Waals surface area (Å²) in [6.45, 7) is 1.81. The summed E-state index contributed by atoms with van der Waals surface area (Å²) in [6, 6.07) is 7.59. The first-order valence-corrected chi connectivity index (χ1v) is 9.24. The number of hydrogen-bond acceptors (Lipinski definition) is 9. The van der Waals surface area contributed by atoms with Crippen LogP contribution >= 0.6 is 12.0 Å². The Kier molecular flexibility index (Phi) is 6.84. The molecule has 0 atom stereocenters. The maximum atomic E-state index is 11.2. The van der Waals surface area contributed by atoms with E-state index in [9.17, 15) is 13.2 Å². The number of carbonyl (C=O) groups excluding carboxylic acids is 1. The number of hydrogen-bond donors (Lipinski definition) is 4. The van der Waals surface area contributed by atoms with Crippen molar-refractivity contribution in [2.45, 2.75) is 16.7 Å². The van der Waals surface area contributed by atoms with Gasteiger partial charge in [-0.2, -0.15) is 8.42 Å². The molecule has 0 saturated carbocycles. The Morgan fingerprint density at radius 3 is 2.48 bits per heavy atom. The molecule has 0 radical (unpaired) electrons. The molecule has 11 nitrogen and oxygen atoms in total. The minimum Gasteiger partial charge on any atom is -0.351 e. The predicted octanol–water partition coefficient (Wildman–Crippen LogP) is 3.58. The first-order chi connectivity index (χ1) is 12.7. The summed E-state index contributed by atoms with van der Waals surface area (Å²) >= 11 is 0.438. The number of amides is 2. The summed E-state index contributed by atoms with van der Waals surface area (Å²) in [4.78, 5) is 10.8. The van der Waals surface area contributed by atoms with E-state index in [-0.39, 0.29) is 16.3 Å². The number of nitrogens with zero attached hydrogens (tertiary/aromatic N) is 2. The van der Waals surface area contributed by atoms with Crippen LogP contribution in [0.5, 0.6) is 0 Å². The van der Waals surface area contributed by atoms with Crippen molar-refractivity contribution >= 4 is 45.3 Å². The molecule has 0 aliphatic heterocycles. The monoisotopic (exact) mass is 414 g/mol. The van der Waals surface area contributed by atoms with Crippen LogP contribution in [0.2, 0.25) is 0 Å². The summed E-state index contributed by atoms with van der Waals surface area (Å²) in [5.41, 5.74) is 6.72. The van der Waals surface area contributed by atoms with E-state index in [0.717, 1.165) is 17.7 Å². The van der Waals surface area contributed by atoms with Gasteiger partial charge in [0.2, 0.25) is 0 Å².